The van der Waals surface area contributed by atoms with Gasteiger partial charge in [0.1, 0.15) is 5.82 Å². The molecule has 2 rings (SSSR count). The fourth-order valence-corrected chi connectivity index (χ4v) is 2.36. The van der Waals surface area contributed by atoms with Gasteiger partial charge in [-0.15, -0.1) is 0 Å². The molecule has 5 heteroatoms. The van der Waals surface area contributed by atoms with Gasteiger partial charge in [0.2, 0.25) is 0 Å². The van der Waals surface area contributed by atoms with Crippen molar-refractivity contribution >= 4 is 12.2 Å². The Morgan fingerprint density at radius 3 is 2.93 bits per heavy atom. The van der Waals surface area contributed by atoms with E-state index in [1.165, 1.54) is 0 Å². The van der Waals surface area contributed by atoms with Gasteiger partial charge < -0.3 is 9.30 Å². The van der Waals surface area contributed by atoms with Crippen molar-refractivity contribution < 1.29 is 4.74 Å². The Labute approximate surface area is 94.6 Å². The highest BCUT2D eigenvalue weighted by atomic mass is 32.1. The van der Waals surface area contributed by atoms with Crippen LogP contribution in [0.4, 0.5) is 0 Å². The van der Waals surface area contributed by atoms with Gasteiger partial charge in [0.15, 0.2) is 4.77 Å². The number of rotatable bonds is 3. The van der Waals surface area contributed by atoms with E-state index in [2.05, 4.69) is 21.7 Å². The van der Waals surface area contributed by atoms with Gasteiger partial charge in [-0.25, -0.2) is 0 Å². The van der Waals surface area contributed by atoms with Crippen molar-refractivity contribution in [3.63, 3.8) is 0 Å². The van der Waals surface area contributed by atoms with Gasteiger partial charge in [-0.3, -0.25) is 5.10 Å². The van der Waals surface area contributed by atoms with Crippen LogP contribution in [0.5, 0.6) is 0 Å². The van der Waals surface area contributed by atoms with Crippen LogP contribution < -0.4 is 0 Å². The molecule has 0 atom stereocenters. The van der Waals surface area contributed by atoms with E-state index in [1.807, 2.05) is 0 Å². The minimum Gasteiger partial charge on any atom is -0.381 e. The number of aromatic amines is 1. The topological polar surface area (TPSA) is 42.8 Å². The third-order valence-electron chi connectivity index (χ3n) is 2.81. The molecule has 4 nitrogen and oxygen atoms in total. The number of hydrogen-bond acceptors (Lipinski definition) is 3. The molecule has 1 N–H and O–H groups in total. The van der Waals surface area contributed by atoms with Crippen molar-refractivity contribution in [2.45, 2.75) is 38.6 Å². The summed E-state index contributed by atoms with van der Waals surface area (Å²) < 4.78 is 8.30. The smallest absolute Gasteiger partial charge is 0.195 e. The number of hydrogen-bond donors (Lipinski definition) is 1. The standard InChI is InChI=1S/C10H17N3OS/c1-2-3-9-11-12-10(15)13(9)8-4-6-14-7-5-8/h8H,2-7H2,1H3,(H,12,15). The maximum atomic E-state index is 5.36. The van der Waals surface area contributed by atoms with Gasteiger partial charge in [0.05, 0.1) is 0 Å². The predicted molar refractivity (Wildman–Crippen MR) is 60.5 cm³/mol. The van der Waals surface area contributed by atoms with Crippen LogP contribution in [0.15, 0.2) is 0 Å². The number of ether oxygens (including phenoxy) is 1. The van der Waals surface area contributed by atoms with E-state index in [0.29, 0.717) is 6.04 Å². The van der Waals surface area contributed by atoms with E-state index in [-0.39, 0.29) is 0 Å². The van der Waals surface area contributed by atoms with Gasteiger partial charge in [-0.05, 0) is 31.5 Å². The van der Waals surface area contributed by atoms with Crippen LogP contribution in [0.25, 0.3) is 0 Å². The molecule has 0 radical (unpaired) electrons. The highest BCUT2D eigenvalue weighted by Gasteiger charge is 2.19. The largest absolute Gasteiger partial charge is 0.381 e. The first-order valence-corrected chi connectivity index (χ1v) is 5.97. The fraction of sp³-hybridized carbons (Fsp3) is 0.800. The molecule has 0 bridgehead atoms. The van der Waals surface area contributed by atoms with Crippen LogP contribution in [-0.4, -0.2) is 28.0 Å². The van der Waals surface area contributed by atoms with E-state index >= 15 is 0 Å². The van der Waals surface area contributed by atoms with Crippen LogP contribution in [-0.2, 0) is 11.2 Å². The maximum absolute atomic E-state index is 5.36. The maximum Gasteiger partial charge on any atom is 0.195 e. The number of H-pyrrole nitrogens is 1. The minimum atomic E-state index is 0.478. The fourth-order valence-electron chi connectivity index (χ4n) is 2.06. The lowest BCUT2D eigenvalue weighted by Crippen LogP contribution is -2.21. The second-order valence-corrected chi connectivity index (χ2v) is 4.30. The van der Waals surface area contributed by atoms with Crippen LogP contribution in [0.2, 0.25) is 0 Å². The number of aromatic nitrogens is 3. The Balaban J connectivity index is 2.24. The minimum absolute atomic E-state index is 0.478. The molecule has 1 aliphatic rings. The molecule has 1 fully saturated rings. The molecule has 1 aliphatic heterocycles. The van der Waals surface area contributed by atoms with Gasteiger partial charge >= 0.3 is 0 Å². The van der Waals surface area contributed by atoms with Crippen LogP contribution >= 0.6 is 12.2 Å². The molecule has 2 heterocycles. The lowest BCUT2D eigenvalue weighted by molar-refractivity contribution is 0.0684. The highest BCUT2D eigenvalue weighted by molar-refractivity contribution is 7.71. The third-order valence-corrected chi connectivity index (χ3v) is 3.10. The predicted octanol–water partition coefficient (Wildman–Crippen LogP) is 2.24. The lowest BCUT2D eigenvalue weighted by Gasteiger charge is -2.24. The van der Waals surface area contributed by atoms with Crippen LogP contribution in [0.1, 0.15) is 38.1 Å². The van der Waals surface area contributed by atoms with Gasteiger partial charge in [-0.1, -0.05) is 6.92 Å². The second-order valence-electron chi connectivity index (χ2n) is 3.91. The molecule has 0 unspecified atom stereocenters. The quantitative estimate of drug-likeness (QED) is 0.805. The third kappa shape index (κ3) is 2.29. The molecule has 84 valence electrons. The second kappa shape index (κ2) is 4.90. The van der Waals surface area contributed by atoms with Crippen molar-refractivity contribution in [1.82, 2.24) is 14.8 Å². The molecule has 1 aromatic heterocycles. The monoisotopic (exact) mass is 227 g/mol. The Bertz CT molecular complexity index is 365. The number of nitrogens with one attached hydrogen (secondary N) is 1. The normalized spacial score (nSPS) is 18.2. The molecule has 0 aromatic carbocycles. The summed E-state index contributed by atoms with van der Waals surface area (Å²) >= 11 is 5.27. The summed E-state index contributed by atoms with van der Waals surface area (Å²) in [5, 5.41) is 7.18. The van der Waals surface area contributed by atoms with Crippen molar-refractivity contribution in [3.8, 4) is 0 Å². The summed E-state index contributed by atoms with van der Waals surface area (Å²) in [6.07, 6.45) is 4.18. The van der Waals surface area contributed by atoms with Crippen molar-refractivity contribution in [2.24, 2.45) is 0 Å². The zero-order chi connectivity index (χ0) is 10.7. The molecule has 15 heavy (non-hydrogen) atoms. The Hall–Kier alpha value is -0.680. The molecular weight excluding hydrogens is 210 g/mol. The van der Waals surface area contributed by atoms with Crippen LogP contribution in [0.3, 0.4) is 0 Å². The summed E-state index contributed by atoms with van der Waals surface area (Å²) in [7, 11) is 0. The molecule has 0 amide bonds. The number of aryl methyl sites for hydroxylation is 1. The molecule has 0 saturated carbocycles. The van der Waals surface area contributed by atoms with E-state index in [0.717, 1.165) is 49.5 Å². The molecule has 1 saturated heterocycles. The summed E-state index contributed by atoms with van der Waals surface area (Å²) in [4.78, 5) is 0. The summed E-state index contributed by atoms with van der Waals surface area (Å²) in [5.74, 6) is 1.09. The first-order valence-electron chi connectivity index (χ1n) is 5.56. The molecule has 1 aromatic rings. The SMILES string of the molecule is CCCc1n[nH]c(=S)n1C1CCOCC1. The Kier molecular flexibility index (Phi) is 3.53. The van der Waals surface area contributed by atoms with Gasteiger partial charge in [0.25, 0.3) is 0 Å². The summed E-state index contributed by atoms with van der Waals surface area (Å²) in [5.41, 5.74) is 0. The Morgan fingerprint density at radius 2 is 2.27 bits per heavy atom. The lowest BCUT2D eigenvalue weighted by atomic mass is 10.1. The first-order chi connectivity index (χ1) is 7.33. The Morgan fingerprint density at radius 1 is 1.53 bits per heavy atom. The van der Waals surface area contributed by atoms with Crippen molar-refractivity contribution in [3.05, 3.63) is 10.6 Å². The number of nitrogens with zero attached hydrogens (tertiary/aromatic N) is 2. The molecule has 0 spiro atoms. The van der Waals surface area contributed by atoms with E-state index in [4.69, 9.17) is 17.0 Å². The zero-order valence-electron chi connectivity index (χ0n) is 9.03. The van der Waals surface area contributed by atoms with Gasteiger partial charge in [-0.2, -0.15) is 5.10 Å². The molecular formula is C10H17N3OS. The van der Waals surface area contributed by atoms with Crippen molar-refractivity contribution in [1.29, 1.82) is 0 Å². The average molecular weight is 227 g/mol. The van der Waals surface area contributed by atoms with Crippen molar-refractivity contribution in [2.75, 3.05) is 13.2 Å². The zero-order valence-corrected chi connectivity index (χ0v) is 9.85. The highest BCUT2D eigenvalue weighted by Crippen LogP contribution is 2.22. The average Bonchev–Trinajstić information content (AvgIpc) is 2.62. The van der Waals surface area contributed by atoms with E-state index in [9.17, 15) is 0 Å². The molecule has 0 aliphatic carbocycles. The van der Waals surface area contributed by atoms with Gasteiger partial charge in [0, 0.05) is 25.7 Å². The van der Waals surface area contributed by atoms with E-state index < -0.39 is 0 Å². The summed E-state index contributed by atoms with van der Waals surface area (Å²) in [6.45, 7) is 3.83. The van der Waals surface area contributed by atoms with E-state index in [1.54, 1.807) is 0 Å². The first kappa shape index (κ1) is 10.8. The van der Waals surface area contributed by atoms with Crippen LogP contribution in [0, 0.1) is 4.77 Å². The summed E-state index contributed by atoms with van der Waals surface area (Å²) in [6, 6.07) is 0.478.